The predicted octanol–water partition coefficient (Wildman–Crippen LogP) is 3.24. The molecular formula is C19H19N5O2. The van der Waals surface area contributed by atoms with E-state index in [9.17, 15) is 4.79 Å². The first-order chi connectivity index (χ1) is 12.8. The average molecular weight is 349 g/mol. The number of carbonyl (C=O) groups excluding carboxylic acids is 1. The van der Waals surface area contributed by atoms with E-state index in [1.54, 1.807) is 18.2 Å². The van der Waals surface area contributed by atoms with Crippen molar-refractivity contribution in [3.05, 3.63) is 60.4 Å². The van der Waals surface area contributed by atoms with E-state index in [-0.39, 0.29) is 12.0 Å². The van der Waals surface area contributed by atoms with Crippen LogP contribution in [0.5, 0.6) is 5.75 Å². The molecule has 0 radical (unpaired) electrons. The third-order valence-electron chi connectivity index (χ3n) is 4.42. The van der Waals surface area contributed by atoms with Crippen molar-refractivity contribution in [2.75, 3.05) is 5.32 Å². The zero-order chi connectivity index (χ0) is 17.8. The van der Waals surface area contributed by atoms with Crippen LogP contribution in [0.1, 0.15) is 36.0 Å². The van der Waals surface area contributed by atoms with Gasteiger partial charge in [0.15, 0.2) is 0 Å². The maximum atomic E-state index is 12.6. The van der Waals surface area contributed by atoms with Gasteiger partial charge in [-0.25, -0.2) is 4.68 Å². The summed E-state index contributed by atoms with van der Waals surface area (Å²) in [6.07, 6.45) is 6.41. The molecule has 0 spiro atoms. The van der Waals surface area contributed by atoms with E-state index in [1.807, 2.05) is 30.3 Å². The van der Waals surface area contributed by atoms with Crippen molar-refractivity contribution in [1.82, 2.24) is 20.2 Å². The number of nitrogens with zero attached hydrogens (tertiary/aromatic N) is 4. The summed E-state index contributed by atoms with van der Waals surface area (Å²) in [7, 11) is 0. The van der Waals surface area contributed by atoms with Gasteiger partial charge in [-0.2, -0.15) is 0 Å². The number of ether oxygens (including phenoxy) is 1. The van der Waals surface area contributed by atoms with E-state index < -0.39 is 0 Å². The zero-order valence-corrected chi connectivity index (χ0v) is 14.2. The number of anilines is 1. The van der Waals surface area contributed by atoms with Crippen LogP contribution in [0, 0.1) is 0 Å². The van der Waals surface area contributed by atoms with Crippen molar-refractivity contribution in [3.8, 4) is 11.4 Å². The summed E-state index contributed by atoms with van der Waals surface area (Å²) in [5, 5.41) is 14.0. The van der Waals surface area contributed by atoms with Gasteiger partial charge in [-0.15, -0.1) is 5.10 Å². The quantitative estimate of drug-likeness (QED) is 0.765. The number of carbonyl (C=O) groups is 1. The van der Waals surface area contributed by atoms with Gasteiger partial charge in [0.1, 0.15) is 12.1 Å². The molecule has 132 valence electrons. The Hall–Kier alpha value is -3.22. The summed E-state index contributed by atoms with van der Waals surface area (Å²) in [4.78, 5) is 12.6. The summed E-state index contributed by atoms with van der Waals surface area (Å²) in [6.45, 7) is 0. The van der Waals surface area contributed by atoms with Crippen molar-refractivity contribution in [3.63, 3.8) is 0 Å². The molecule has 0 atom stereocenters. The third-order valence-corrected chi connectivity index (χ3v) is 4.42. The van der Waals surface area contributed by atoms with Crippen molar-refractivity contribution < 1.29 is 9.53 Å². The van der Waals surface area contributed by atoms with Crippen molar-refractivity contribution >= 4 is 11.6 Å². The topological polar surface area (TPSA) is 81.9 Å². The molecule has 0 saturated heterocycles. The molecule has 0 bridgehead atoms. The van der Waals surface area contributed by atoms with Crippen LogP contribution in [0.4, 0.5) is 5.69 Å². The molecule has 7 heteroatoms. The summed E-state index contributed by atoms with van der Waals surface area (Å²) >= 11 is 0. The molecule has 4 rings (SSSR count). The number of rotatable bonds is 5. The van der Waals surface area contributed by atoms with Crippen LogP contribution < -0.4 is 10.1 Å². The molecule has 1 aliphatic carbocycles. The smallest absolute Gasteiger partial charge is 0.255 e. The lowest BCUT2D eigenvalue weighted by Gasteiger charge is -2.14. The second kappa shape index (κ2) is 7.35. The molecule has 3 aromatic rings. The Morgan fingerprint density at radius 2 is 1.96 bits per heavy atom. The number of benzene rings is 2. The maximum absolute atomic E-state index is 12.6. The Balaban J connectivity index is 1.47. The maximum Gasteiger partial charge on any atom is 0.255 e. The Kier molecular flexibility index (Phi) is 4.59. The lowest BCUT2D eigenvalue weighted by atomic mass is 10.2. The van der Waals surface area contributed by atoms with E-state index >= 15 is 0 Å². The zero-order valence-electron chi connectivity index (χ0n) is 14.2. The molecule has 1 amide bonds. The van der Waals surface area contributed by atoms with E-state index in [0.29, 0.717) is 11.3 Å². The van der Waals surface area contributed by atoms with Gasteiger partial charge in [-0.05, 0) is 66.4 Å². The largest absolute Gasteiger partial charge is 0.490 e. The Bertz CT molecular complexity index is 888. The second-order valence-corrected chi connectivity index (χ2v) is 6.31. The minimum Gasteiger partial charge on any atom is -0.490 e. The highest BCUT2D eigenvalue weighted by Crippen LogP contribution is 2.26. The summed E-state index contributed by atoms with van der Waals surface area (Å²) in [5.41, 5.74) is 1.96. The first-order valence-electron chi connectivity index (χ1n) is 8.69. The van der Waals surface area contributed by atoms with Gasteiger partial charge in [0, 0.05) is 17.3 Å². The van der Waals surface area contributed by atoms with Gasteiger partial charge >= 0.3 is 0 Å². The Morgan fingerprint density at radius 3 is 2.77 bits per heavy atom. The normalized spacial score (nSPS) is 14.3. The van der Waals surface area contributed by atoms with Gasteiger partial charge in [-0.1, -0.05) is 12.1 Å². The van der Waals surface area contributed by atoms with Crippen LogP contribution in [0.25, 0.3) is 5.69 Å². The molecule has 0 unspecified atom stereocenters. The molecule has 1 heterocycles. The first kappa shape index (κ1) is 16.3. The molecule has 1 N–H and O–H groups in total. The number of amides is 1. The van der Waals surface area contributed by atoms with Crippen molar-refractivity contribution in [2.45, 2.75) is 31.8 Å². The minimum atomic E-state index is -0.196. The first-order valence-corrected chi connectivity index (χ1v) is 8.69. The number of nitrogens with one attached hydrogen (secondary N) is 1. The van der Waals surface area contributed by atoms with E-state index in [1.165, 1.54) is 23.9 Å². The highest BCUT2D eigenvalue weighted by Gasteiger charge is 2.16. The van der Waals surface area contributed by atoms with Crippen LogP contribution in [0.3, 0.4) is 0 Å². The monoisotopic (exact) mass is 349 g/mol. The van der Waals surface area contributed by atoms with Crippen LogP contribution in [0.2, 0.25) is 0 Å². The van der Waals surface area contributed by atoms with Crippen molar-refractivity contribution in [2.24, 2.45) is 0 Å². The summed E-state index contributed by atoms with van der Waals surface area (Å²) in [5.74, 6) is 0.593. The summed E-state index contributed by atoms with van der Waals surface area (Å²) < 4.78 is 7.50. The van der Waals surface area contributed by atoms with Gasteiger partial charge in [0.25, 0.3) is 5.91 Å². The van der Waals surface area contributed by atoms with Gasteiger partial charge in [0.05, 0.1) is 11.8 Å². The highest BCUT2D eigenvalue weighted by atomic mass is 16.5. The molecule has 1 fully saturated rings. The fourth-order valence-corrected chi connectivity index (χ4v) is 3.12. The fourth-order valence-electron chi connectivity index (χ4n) is 3.12. The minimum absolute atomic E-state index is 0.196. The fraction of sp³-hybridized carbons (Fsp3) is 0.263. The number of hydrogen-bond acceptors (Lipinski definition) is 5. The molecule has 1 aromatic heterocycles. The van der Waals surface area contributed by atoms with Crippen molar-refractivity contribution in [1.29, 1.82) is 0 Å². The van der Waals surface area contributed by atoms with Gasteiger partial charge < -0.3 is 10.1 Å². The number of hydrogen-bond donors (Lipinski definition) is 1. The highest BCUT2D eigenvalue weighted by molar-refractivity contribution is 6.04. The van der Waals surface area contributed by atoms with E-state index in [2.05, 4.69) is 20.8 Å². The Labute approximate surface area is 151 Å². The molecular weight excluding hydrogens is 330 g/mol. The molecule has 1 saturated carbocycles. The third kappa shape index (κ3) is 3.72. The van der Waals surface area contributed by atoms with Crippen LogP contribution in [-0.4, -0.2) is 32.2 Å². The van der Waals surface area contributed by atoms with E-state index in [0.717, 1.165) is 24.3 Å². The molecule has 2 aromatic carbocycles. The van der Waals surface area contributed by atoms with Crippen LogP contribution in [0.15, 0.2) is 54.9 Å². The van der Waals surface area contributed by atoms with Gasteiger partial charge in [0.2, 0.25) is 0 Å². The van der Waals surface area contributed by atoms with Crippen LogP contribution in [-0.2, 0) is 0 Å². The van der Waals surface area contributed by atoms with E-state index in [4.69, 9.17) is 4.74 Å². The number of aromatic nitrogens is 4. The summed E-state index contributed by atoms with van der Waals surface area (Å²) in [6, 6.07) is 14.6. The number of tetrazole rings is 1. The Morgan fingerprint density at radius 1 is 1.12 bits per heavy atom. The standard InChI is InChI=1S/C19H19N5O2/c25-19(14-5-3-7-16(11-14)24-13-20-22-23-24)21-15-6-4-10-18(12-15)26-17-8-1-2-9-17/h3-7,10-13,17H,1-2,8-9H2,(H,21,25). The second-order valence-electron chi connectivity index (χ2n) is 6.31. The predicted molar refractivity (Wildman–Crippen MR) is 96.4 cm³/mol. The van der Waals surface area contributed by atoms with Crippen LogP contribution >= 0.6 is 0 Å². The molecule has 26 heavy (non-hydrogen) atoms. The molecule has 7 nitrogen and oxygen atoms in total. The average Bonchev–Trinajstić information content (AvgIpc) is 3.36. The van der Waals surface area contributed by atoms with Gasteiger partial charge in [-0.3, -0.25) is 4.79 Å². The SMILES string of the molecule is O=C(Nc1cccc(OC2CCCC2)c1)c1cccc(-n2cnnn2)c1. The lowest BCUT2D eigenvalue weighted by molar-refractivity contribution is 0.102. The lowest BCUT2D eigenvalue weighted by Crippen LogP contribution is -2.13. The molecule has 0 aliphatic heterocycles. The molecule has 1 aliphatic rings.